The number of allylic oxidation sites excluding steroid dienone is 3. The lowest BCUT2D eigenvalue weighted by molar-refractivity contribution is -0.389. The van der Waals surface area contributed by atoms with Crippen molar-refractivity contribution in [3.8, 4) is 0 Å². The van der Waals surface area contributed by atoms with Crippen LogP contribution in [0.1, 0.15) is 233 Å². The summed E-state index contributed by atoms with van der Waals surface area (Å²) in [6, 6.07) is -2.77. The number of rotatable bonds is 52. The summed E-state index contributed by atoms with van der Waals surface area (Å²) < 4.78 is 59.1. The van der Waals surface area contributed by atoms with Gasteiger partial charge in [-0.1, -0.05) is 192 Å². The topological polar surface area (TPSA) is 454 Å². The molecule has 29 nitrogen and oxygen atoms in total. The second-order valence-corrected chi connectivity index (χ2v) is 28.9. The number of hydrogen-bond donors (Lipinski definition) is 17. The first-order valence-electron chi connectivity index (χ1n) is 39.0. The molecule has 5 aliphatic rings. The average molecular weight is 1480 g/mol. The molecule has 5 rings (SSSR count). The van der Waals surface area contributed by atoms with Gasteiger partial charge in [0.2, 0.25) is 11.8 Å². The molecule has 103 heavy (non-hydrogen) atoms. The van der Waals surface area contributed by atoms with Gasteiger partial charge in [0.15, 0.2) is 31.5 Å². The summed E-state index contributed by atoms with van der Waals surface area (Å²) in [4.78, 5) is 26.4. The van der Waals surface area contributed by atoms with E-state index in [0.717, 1.165) is 58.3 Å². The molecular weight excluding hydrogens is 1350 g/mol. The number of aliphatic hydroxyl groups is 15. The van der Waals surface area contributed by atoms with Crippen LogP contribution < -0.4 is 10.6 Å². The van der Waals surface area contributed by atoms with E-state index in [9.17, 15) is 86.2 Å². The smallest absolute Gasteiger partial charge is 0.220 e. The lowest BCUT2D eigenvalue weighted by Gasteiger charge is -2.50. The first-order valence-corrected chi connectivity index (χ1v) is 39.0. The molecule has 0 aromatic rings. The van der Waals surface area contributed by atoms with E-state index in [-0.39, 0.29) is 12.3 Å². The van der Waals surface area contributed by atoms with Crippen LogP contribution in [0.2, 0.25) is 0 Å². The van der Waals surface area contributed by atoms with Crippen LogP contribution in [0.15, 0.2) is 24.3 Å². The quantitative estimate of drug-likeness (QED) is 0.0307. The minimum absolute atomic E-state index is 0.197. The van der Waals surface area contributed by atoms with Crippen LogP contribution in [0, 0.1) is 0 Å². The van der Waals surface area contributed by atoms with Crippen molar-refractivity contribution in [1.82, 2.24) is 10.6 Å². The molecule has 0 saturated carbocycles. The van der Waals surface area contributed by atoms with Crippen molar-refractivity contribution < 1.29 is 134 Å². The highest BCUT2D eigenvalue weighted by molar-refractivity contribution is 5.76. The van der Waals surface area contributed by atoms with Gasteiger partial charge < -0.3 is 135 Å². The van der Waals surface area contributed by atoms with Crippen LogP contribution in [-0.4, -0.2) is 287 Å². The number of nitrogens with one attached hydrogen (secondary N) is 2. The highest BCUT2D eigenvalue weighted by Gasteiger charge is 2.57. The summed E-state index contributed by atoms with van der Waals surface area (Å²) in [5.41, 5.74) is 0. The molecule has 0 bridgehead atoms. The third kappa shape index (κ3) is 30.3. The van der Waals surface area contributed by atoms with Crippen molar-refractivity contribution in [3.05, 3.63) is 24.3 Å². The van der Waals surface area contributed by atoms with E-state index < -0.39 is 205 Å². The average Bonchev–Trinajstić information content (AvgIpc) is 0.771. The Morgan fingerprint density at radius 3 is 1.27 bits per heavy atom. The summed E-state index contributed by atoms with van der Waals surface area (Å²) in [7, 11) is 0. The zero-order chi connectivity index (χ0) is 75.2. The third-order valence-electron chi connectivity index (χ3n) is 20.3. The standard InChI is InChI=1S/C74H134N2O27/c1-5-7-9-11-13-15-17-19-20-21-22-23-24-25-26-28-30-32-34-36-38-40-54(83)76-48(49(82)39-37-35-33-31-29-27-18-16-14-12-10-8-6-2)45-94-71-64(92)61(89)67(52(43-79)98-71)101-73-65(93)62(90)66(53(44-80)99-73)100-70-55(75-47(4)81)68(58(86)51(42-78)96-70)102-74-69(60(88)57(85)50(41-77)97-74)103-72-63(91)59(87)56(84)46(3)95-72/h19-20,37,39,46,48-53,55-74,77-80,82,84-93H,5-18,21-36,38,40-45H2,1-4H3,(H,75,81)(H,76,83)/b20-19-,39-37+/t46?,48-,49+,50?,51?,52?,53?,55?,56+,57-,58-,59?,60-,61+,62+,63-,64?,65?,66-,67+,68+,69?,70-,71+,72+,73-,74-/m0/s1. The van der Waals surface area contributed by atoms with Gasteiger partial charge in [0.25, 0.3) is 0 Å². The molecule has 17 N–H and O–H groups in total. The van der Waals surface area contributed by atoms with Crippen molar-refractivity contribution in [2.45, 2.75) is 399 Å². The summed E-state index contributed by atoms with van der Waals surface area (Å²) >= 11 is 0. The maximum atomic E-state index is 13.5. The van der Waals surface area contributed by atoms with Crippen molar-refractivity contribution in [1.29, 1.82) is 0 Å². The van der Waals surface area contributed by atoms with E-state index in [2.05, 4.69) is 36.6 Å². The monoisotopic (exact) mass is 1480 g/mol. The molecule has 0 aromatic heterocycles. The van der Waals surface area contributed by atoms with E-state index in [4.69, 9.17) is 47.4 Å². The van der Waals surface area contributed by atoms with Gasteiger partial charge in [-0.2, -0.15) is 0 Å². The zero-order valence-electron chi connectivity index (χ0n) is 61.7. The Morgan fingerprint density at radius 1 is 0.398 bits per heavy atom. The number of carbonyl (C=O) groups is 2. The summed E-state index contributed by atoms with van der Waals surface area (Å²) in [6.07, 6.45) is -0.481. The van der Waals surface area contributed by atoms with Gasteiger partial charge in [-0.05, 0) is 51.9 Å². The van der Waals surface area contributed by atoms with E-state index in [1.165, 1.54) is 142 Å². The number of unbranched alkanes of at least 4 members (excludes halogenated alkanes) is 28. The Bertz CT molecular complexity index is 2280. The molecule has 0 spiro atoms. The number of amides is 2. The SMILES string of the molecule is CCCCCCCC/C=C\CCCCCCCCCCCCCC(=O)N[C@@H](CO[C@@H]1OC(CO)[C@@H](O[C@@H]2OC(CO)[C@H](O[C@@H]3OC(CO)[C@H](O)[C@H](O[C@@H]4OC(CO)[C@H](O)[C@H](O)C4O[C@H]4OC(C)[C@@H](O)C(O)[C@@H]4O)C3NC(C)=O)[C@H](O)C2O)[C@H](O)C1O)[C@H](O)/C=C/CCCCCCCCCCCCC. The Balaban J connectivity index is 1.17. The van der Waals surface area contributed by atoms with Gasteiger partial charge in [-0.3, -0.25) is 9.59 Å². The van der Waals surface area contributed by atoms with Gasteiger partial charge in [0.05, 0.1) is 51.3 Å². The predicted molar refractivity (Wildman–Crippen MR) is 376 cm³/mol. The Morgan fingerprint density at radius 2 is 0.777 bits per heavy atom. The van der Waals surface area contributed by atoms with Crippen LogP contribution in [0.25, 0.3) is 0 Å². The Labute approximate surface area is 609 Å². The van der Waals surface area contributed by atoms with Crippen LogP contribution in [-0.2, 0) is 57.0 Å². The molecule has 5 fully saturated rings. The third-order valence-corrected chi connectivity index (χ3v) is 20.3. The maximum absolute atomic E-state index is 13.5. The van der Waals surface area contributed by atoms with Gasteiger partial charge in [-0.25, -0.2) is 0 Å². The molecule has 0 aromatic carbocycles. The first kappa shape index (κ1) is 91.0. The fourth-order valence-electron chi connectivity index (χ4n) is 13.9. The molecule has 10 unspecified atom stereocenters. The summed E-state index contributed by atoms with van der Waals surface area (Å²) in [6.45, 7) is 2.65. The van der Waals surface area contributed by atoms with Crippen LogP contribution in [0.3, 0.4) is 0 Å². The molecular formula is C74H134N2O27. The van der Waals surface area contributed by atoms with Crippen molar-refractivity contribution in [3.63, 3.8) is 0 Å². The Hall–Kier alpha value is -2.58. The van der Waals surface area contributed by atoms with Gasteiger partial charge in [-0.15, -0.1) is 0 Å². The second-order valence-electron chi connectivity index (χ2n) is 28.9. The van der Waals surface area contributed by atoms with E-state index >= 15 is 0 Å². The Kier molecular flexibility index (Phi) is 45.1. The minimum Gasteiger partial charge on any atom is -0.394 e. The molecule has 2 amide bonds. The normalized spacial score (nSPS) is 35.0. The van der Waals surface area contributed by atoms with Crippen molar-refractivity contribution >= 4 is 11.8 Å². The number of carbonyl (C=O) groups excluding carboxylic acids is 2. The van der Waals surface area contributed by atoms with Gasteiger partial charge in [0.1, 0.15) is 116 Å². The van der Waals surface area contributed by atoms with Crippen LogP contribution >= 0.6 is 0 Å². The van der Waals surface area contributed by atoms with E-state index in [1.807, 2.05) is 6.08 Å². The summed E-state index contributed by atoms with van der Waals surface area (Å²) in [5, 5.41) is 171. The van der Waals surface area contributed by atoms with Gasteiger partial charge in [0, 0.05) is 13.3 Å². The molecule has 0 radical (unpaired) electrons. The lowest BCUT2D eigenvalue weighted by atomic mass is 9.94. The molecule has 5 saturated heterocycles. The molecule has 0 aliphatic carbocycles. The van der Waals surface area contributed by atoms with Gasteiger partial charge >= 0.3 is 0 Å². The lowest BCUT2D eigenvalue weighted by Crippen LogP contribution is -2.70. The second kappa shape index (κ2) is 51.0. The minimum atomic E-state index is -2.16. The summed E-state index contributed by atoms with van der Waals surface area (Å²) in [5.74, 6) is -1.14. The molecule has 27 atom stereocenters. The van der Waals surface area contributed by atoms with Crippen molar-refractivity contribution in [2.24, 2.45) is 0 Å². The predicted octanol–water partition coefficient (Wildman–Crippen LogP) is 2.75. The maximum Gasteiger partial charge on any atom is 0.220 e. The number of hydrogen-bond acceptors (Lipinski definition) is 27. The zero-order valence-corrected chi connectivity index (χ0v) is 61.7. The highest BCUT2D eigenvalue weighted by Crippen LogP contribution is 2.37. The molecule has 5 aliphatic heterocycles. The first-order chi connectivity index (χ1) is 49.7. The van der Waals surface area contributed by atoms with E-state index in [0.29, 0.717) is 12.8 Å². The van der Waals surface area contributed by atoms with Crippen LogP contribution in [0.5, 0.6) is 0 Å². The molecule has 29 heteroatoms. The largest absolute Gasteiger partial charge is 0.394 e. The van der Waals surface area contributed by atoms with E-state index in [1.54, 1.807) is 6.08 Å². The fraction of sp³-hybridized carbons (Fsp3) is 0.919. The van der Waals surface area contributed by atoms with Crippen molar-refractivity contribution in [2.75, 3.05) is 33.0 Å². The highest BCUT2D eigenvalue weighted by atomic mass is 16.8. The fourth-order valence-corrected chi connectivity index (χ4v) is 13.9. The number of aliphatic hydroxyl groups excluding tert-OH is 15. The molecule has 602 valence electrons. The number of ether oxygens (including phenoxy) is 10. The molecule has 5 heterocycles. The van der Waals surface area contributed by atoms with Crippen LogP contribution in [0.4, 0.5) is 0 Å².